The van der Waals surface area contributed by atoms with E-state index in [0.29, 0.717) is 12.0 Å². The Balaban J connectivity index is 1.95. The first kappa shape index (κ1) is 9.44. The van der Waals surface area contributed by atoms with Gasteiger partial charge in [-0.05, 0) is 44.1 Å². The Kier molecular flexibility index (Phi) is 2.30. The second kappa shape index (κ2) is 3.66. The third-order valence-electron chi connectivity index (χ3n) is 4.24. The van der Waals surface area contributed by atoms with Crippen molar-refractivity contribution in [2.24, 2.45) is 16.6 Å². The highest BCUT2D eigenvalue weighted by Crippen LogP contribution is 2.38. The minimum atomic E-state index is 0.538. The van der Waals surface area contributed by atoms with Crippen LogP contribution in [0.1, 0.15) is 51.4 Å². The average molecular weight is 204 g/mol. The number of aliphatic imine (C=N–C) groups is 1. The molecule has 1 aliphatic heterocycles. The summed E-state index contributed by atoms with van der Waals surface area (Å²) in [6.45, 7) is 0. The predicted molar refractivity (Wildman–Crippen MR) is 62.9 cm³/mol. The van der Waals surface area contributed by atoms with E-state index in [2.05, 4.69) is 0 Å². The van der Waals surface area contributed by atoms with Crippen LogP contribution in [0.2, 0.25) is 0 Å². The highest BCUT2D eigenvalue weighted by molar-refractivity contribution is 6.02. The zero-order valence-electron chi connectivity index (χ0n) is 9.34. The molecule has 3 aliphatic rings. The van der Waals surface area contributed by atoms with Gasteiger partial charge in [0.2, 0.25) is 0 Å². The largest absolute Gasteiger partial charge is 0.401 e. The number of fused-ring (bicyclic) bond motifs is 2. The Morgan fingerprint density at radius 3 is 2.73 bits per heavy atom. The molecule has 2 heteroatoms. The molecule has 0 saturated heterocycles. The number of nitrogens with two attached hydrogens (primary N) is 1. The van der Waals surface area contributed by atoms with Crippen LogP contribution in [0.4, 0.5) is 0 Å². The van der Waals surface area contributed by atoms with Crippen LogP contribution in [-0.2, 0) is 0 Å². The lowest BCUT2D eigenvalue weighted by atomic mass is 9.76. The molecule has 2 N–H and O–H groups in total. The minimum Gasteiger partial charge on any atom is -0.401 e. The Morgan fingerprint density at radius 2 is 1.80 bits per heavy atom. The van der Waals surface area contributed by atoms with Gasteiger partial charge in [-0.15, -0.1) is 0 Å². The van der Waals surface area contributed by atoms with Gasteiger partial charge in [-0.25, -0.2) is 0 Å². The van der Waals surface area contributed by atoms with E-state index in [1.54, 1.807) is 0 Å². The molecule has 82 valence electrons. The molecule has 2 saturated carbocycles. The van der Waals surface area contributed by atoms with Crippen LogP contribution >= 0.6 is 0 Å². The van der Waals surface area contributed by atoms with Gasteiger partial charge < -0.3 is 5.73 Å². The molecule has 0 spiro atoms. The zero-order chi connectivity index (χ0) is 10.3. The number of rotatable bonds is 0. The first-order chi connectivity index (χ1) is 7.36. The van der Waals surface area contributed by atoms with Gasteiger partial charge in [-0.2, -0.15) is 0 Å². The summed E-state index contributed by atoms with van der Waals surface area (Å²) >= 11 is 0. The van der Waals surface area contributed by atoms with Gasteiger partial charge in [-0.1, -0.05) is 12.8 Å². The van der Waals surface area contributed by atoms with Crippen LogP contribution in [0.3, 0.4) is 0 Å². The topological polar surface area (TPSA) is 38.4 Å². The third-order valence-corrected chi connectivity index (χ3v) is 4.24. The molecule has 2 fully saturated rings. The molecule has 2 atom stereocenters. The summed E-state index contributed by atoms with van der Waals surface area (Å²) in [5.41, 5.74) is 10.4. The van der Waals surface area contributed by atoms with E-state index < -0.39 is 0 Å². The van der Waals surface area contributed by atoms with Crippen LogP contribution < -0.4 is 5.73 Å². The maximum absolute atomic E-state index is 6.34. The van der Waals surface area contributed by atoms with E-state index in [4.69, 9.17) is 10.7 Å². The lowest BCUT2D eigenvalue weighted by molar-refractivity contribution is 0.339. The fourth-order valence-electron chi connectivity index (χ4n) is 3.40. The maximum atomic E-state index is 6.34. The molecule has 0 aromatic carbocycles. The fraction of sp³-hybridized carbons (Fsp3) is 0.769. The zero-order valence-corrected chi connectivity index (χ0v) is 9.34. The molecule has 0 aromatic heterocycles. The summed E-state index contributed by atoms with van der Waals surface area (Å²) < 4.78 is 0. The van der Waals surface area contributed by atoms with Gasteiger partial charge in [0.25, 0.3) is 0 Å². The van der Waals surface area contributed by atoms with Crippen LogP contribution in [0.15, 0.2) is 16.3 Å². The summed E-state index contributed by atoms with van der Waals surface area (Å²) in [4.78, 5) is 4.96. The molecule has 0 unspecified atom stereocenters. The van der Waals surface area contributed by atoms with Crippen molar-refractivity contribution in [3.05, 3.63) is 11.3 Å². The van der Waals surface area contributed by atoms with Crippen LogP contribution in [0, 0.1) is 5.92 Å². The van der Waals surface area contributed by atoms with Gasteiger partial charge in [0, 0.05) is 17.3 Å². The number of dihydropyridines is 1. The maximum Gasteiger partial charge on any atom is 0.0585 e. The Labute approximate surface area is 91.6 Å². The molecular weight excluding hydrogens is 184 g/mol. The van der Waals surface area contributed by atoms with Crippen LogP contribution in [-0.4, -0.2) is 11.8 Å². The lowest BCUT2D eigenvalue weighted by Crippen LogP contribution is -2.35. The molecule has 0 aromatic rings. The second-order valence-electron chi connectivity index (χ2n) is 5.18. The SMILES string of the molecule is NC1=C2CCCCC2=N[C@@H]2CCCC[C@@H]12. The fourth-order valence-corrected chi connectivity index (χ4v) is 3.40. The van der Waals surface area contributed by atoms with Crippen molar-refractivity contribution in [2.45, 2.75) is 57.4 Å². The van der Waals surface area contributed by atoms with E-state index >= 15 is 0 Å². The molecule has 0 amide bonds. The molecule has 2 nitrogen and oxygen atoms in total. The molecule has 0 radical (unpaired) electrons. The average Bonchev–Trinajstić information content (AvgIpc) is 2.30. The summed E-state index contributed by atoms with van der Waals surface area (Å²) in [6, 6.07) is 0.538. The summed E-state index contributed by atoms with van der Waals surface area (Å²) in [5.74, 6) is 0.593. The van der Waals surface area contributed by atoms with Gasteiger partial charge in [0.05, 0.1) is 6.04 Å². The Hall–Kier alpha value is -0.790. The lowest BCUT2D eigenvalue weighted by Gasteiger charge is -2.36. The van der Waals surface area contributed by atoms with Crippen molar-refractivity contribution in [1.29, 1.82) is 0 Å². The number of allylic oxidation sites excluding steroid dienone is 1. The highest BCUT2D eigenvalue weighted by Gasteiger charge is 2.33. The van der Waals surface area contributed by atoms with Crippen molar-refractivity contribution >= 4 is 5.71 Å². The van der Waals surface area contributed by atoms with E-state index in [-0.39, 0.29) is 0 Å². The molecule has 2 aliphatic carbocycles. The van der Waals surface area contributed by atoms with Gasteiger partial charge in [0.15, 0.2) is 0 Å². The number of hydrogen-bond donors (Lipinski definition) is 1. The van der Waals surface area contributed by atoms with Crippen molar-refractivity contribution in [2.75, 3.05) is 0 Å². The van der Waals surface area contributed by atoms with Crippen molar-refractivity contribution < 1.29 is 0 Å². The normalized spacial score (nSPS) is 35.6. The Bertz CT molecular complexity index is 327. The third kappa shape index (κ3) is 1.51. The Morgan fingerprint density at radius 1 is 1.00 bits per heavy atom. The minimum absolute atomic E-state index is 0.538. The van der Waals surface area contributed by atoms with Crippen LogP contribution in [0.5, 0.6) is 0 Å². The molecule has 0 bridgehead atoms. The van der Waals surface area contributed by atoms with E-state index in [0.717, 1.165) is 0 Å². The van der Waals surface area contributed by atoms with Gasteiger partial charge in [-0.3, -0.25) is 4.99 Å². The number of hydrogen-bond acceptors (Lipinski definition) is 2. The van der Waals surface area contributed by atoms with Gasteiger partial charge in [0.1, 0.15) is 0 Å². The number of nitrogens with zero attached hydrogens (tertiary/aromatic N) is 1. The van der Waals surface area contributed by atoms with E-state index in [1.807, 2.05) is 0 Å². The summed E-state index contributed by atoms with van der Waals surface area (Å²) in [6.07, 6.45) is 10.2. The molecule has 1 heterocycles. The second-order valence-corrected chi connectivity index (χ2v) is 5.18. The van der Waals surface area contributed by atoms with Crippen molar-refractivity contribution in [1.82, 2.24) is 0 Å². The van der Waals surface area contributed by atoms with E-state index in [9.17, 15) is 0 Å². The molecular formula is C13H20N2. The standard InChI is InChI=1S/C13H20N2/c14-13-9-5-1-3-7-11(9)15-12-8-4-2-6-10(12)13/h9,11H,1-8,14H2/t9-,11-/m1/s1. The van der Waals surface area contributed by atoms with Crippen molar-refractivity contribution in [3.8, 4) is 0 Å². The van der Waals surface area contributed by atoms with Crippen molar-refractivity contribution in [3.63, 3.8) is 0 Å². The predicted octanol–water partition coefficient (Wildman–Crippen LogP) is 2.79. The highest BCUT2D eigenvalue weighted by atomic mass is 14.9. The smallest absolute Gasteiger partial charge is 0.0585 e. The molecule has 3 rings (SSSR count). The van der Waals surface area contributed by atoms with E-state index in [1.165, 1.54) is 68.3 Å². The van der Waals surface area contributed by atoms with Gasteiger partial charge >= 0.3 is 0 Å². The molecule has 15 heavy (non-hydrogen) atoms. The monoisotopic (exact) mass is 204 g/mol. The summed E-state index contributed by atoms with van der Waals surface area (Å²) in [5, 5.41) is 0. The quantitative estimate of drug-likeness (QED) is 0.647. The first-order valence-corrected chi connectivity index (χ1v) is 6.42. The summed E-state index contributed by atoms with van der Waals surface area (Å²) in [7, 11) is 0. The van der Waals surface area contributed by atoms with Crippen LogP contribution in [0.25, 0.3) is 0 Å². The first-order valence-electron chi connectivity index (χ1n) is 6.42.